The Morgan fingerprint density at radius 3 is 2.60 bits per heavy atom. The van der Waals surface area contributed by atoms with Crippen molar-refractivity contribution in [3.63, 3.8) is 0 Å². The highest BCUT2D eigenvalue weighted by molar-refractivity contribution is 9.10. The average Bonchev–Trinajstić information content (AvgIpc) is 2.71. The zero-order chi connectivity index (χ0) is 14.8. The molecular formula is C13H16BrNO4S. The molecule has 5 nitrogen and oxygen atoms in total. The molecule has 0 radical (unpaired) electrons. The van der Waals surface area contributed by atoms with E-state index in [1.54, 1.807) is 19.1 Å². The molecule has 0 spiro atoms. The Hall–Kier alpha value is -1.08. The van der Waals surface area contributed by atoms with Crippen LogP contribution < -0.4 is 10.1 Å². The van der Waals surface area contributed by atoms with Crippen molar-refractivity contribution < 1.29 is 17.9 Å². The Balaban J connectivity index is 1.88. The van der Waals surface area contributed by atoms with Gasteiger partial charge in [0.2, 0.25) is 0 Å². The molecule has 0 aromatic heterocycles. The van der Waals surface area contributed by atoms with Crippen LogP contribution in [0.2, 0.25) is 0 Å². The van der Waals surface area contributed by atoms with E-state index >= 15 is 0 Å². The molecule has 1 fully saturated rings. The number of carbonyl (C=O) groups excluding carboxylic acids is 1. The smallest absolute Gasteiger partial charge is 0.261 e. The molecule has 0 bridgehead atoms. The van der Waals surface area contributed by atoms with Gasteiger partial charge in [-0.1, -0.05) is 15.9 Å². The van der Waals surface area contributed by atoms with Crippen LogP contribution in [0.25, 0.3) is 0 Å². The molecule has 1 aromatic rings. The number of hydrogen-bond donors (Lipinski definition) is 1. The third-order valence-electron chi connectivity index (χ3n) is 3.07. The van der Waals surface area contributed by atoms with Gasteiger partial charge in [-0.25, -0.2) is 8.42 Å². The van der Waals surface area contributed by atoms with Crippen LogP contribution in [0.15, 0.2) is 28.7 Å². The number of ether oxygens (including phenoxy) is 1. The fourth-order valence-corrected chi connectivity index (χ4v) is 3.94. The Bertz CT molecular complexity index is 585. The predicted molar refractivity (Wildman–Crippen MR) is 79.4 cm³/mol. The van der Waals surface area contributed by atoms with E-state index in [0.29, 0.717) is 12.2 Å². The number of hydrogen-bond acceptors (Lipinski definition) is 4. The first-order valence-electron chi connectivity index (χ1n) is 6.29. The van der Waals surface area contributed by atoms with Crippen LogP contribution in [-0.4, -0.2) is 38.0 Å². The summed E-state index contributed by atoms with van der Waals surface area (Å²) in [6.45, 7) is 1.64. The van der Waals surface area contributed by atoms with E-state index in [0.717, 1.165) is 4.47 Å². The number of nitrogens with one attached hydrogen (secondary N) is 1. The Morgan fingerprint density at radius 2 is 2.05 bits per heavy atom. The van der Waals surface area contributed by atoms with Crippen molar-refractivity contribution in [1.82, 2.24) is 5.32 Å². The van der Waals surface area contributed by atoms with E-state index in [-0.39, 0.29) is 23.5 Å². The van der Waals surface area contributed by atoms with Gasteiger partial charge in [-0.2, -0.15) is 0 Å². The molecule has 1 aliphatic rings. The van der Waals surface area contributed by atoms with Crippen molar-refractivity contribution in [3.8, 4) is 5.75 Å². The van der Waals surface area contributed by atoms with Crippen LogP contribution in [0.4, 0.5) is 0 Å². The van der Waals surface area contributed by atoms with Gasteiger partial charge >= 0.3 is 0 Å². The molecule has 1 aliphatic heterocycles. The van der Waals surface area contributed by atoms with Crippen LogP contribution in [0.5, 0.6) is 5.75 Å². The highest BCUT2D eigenvalue weighted by atomic mass is 79.9. The quantitative estimate of drug-likeness (QED) is 0.882. The second-order valence-corrected chi connectivity index (χ2v) is 7.97. The van der Waals surface area contributed by atoms with E-state index in [2.05, 4.69) is 21.2 Å². The second-order valence-electron chi connectivity index (χ2n) is 4.82. The second kappa shape index (κ2) is 6.13. The minimum Gasteiger partial charge on any atom is -0.481 e. The molecule has 20 heavy (non-hydrogen) atoms. The monoisotopic (exact) mass is 361 g/mol. The molecule has 2 unspecified atom stereocenters. The first kappa shape index (κ1) is 15.3. The fourth-order valence-electron chi connectivity index (χ4n) is 2.00. The Morgan fingerprint density at radius 1 is 1.40 bits per heavy atom. The first-order chi connectivity index (χ1) is 9.35. The minimum absolute atomic E-state index is 0.0176. The molecule has 2 atom stereocenters. The number of sulfone groups is 1. The largest absolute Gasteiger partial charge is 0.481 e. The maximum Gasteiger partial charge on any atom is 0.261 e. The van der Waals surface area contributed by atoms with Crippen molar-refractivity contribution in [2.75, 3.05) is 11.5 Å². The lowest BCUT2D eigenvalue weighted by Gasteiger charge is -2.17. The van der Waals surface area contributed by atoms with Gasteiger partial charge in [0.05, 0.1) is 11.5 Å². The van der Waals surface area contributed by atoms with Gasteiger partial charge in [-0.3, -0.25) is 4.79 Å². The summed E-state index contributed by atoms with van der Waals surface area (Å²) in [4.78, 5) is 11.9. The van der Waals surface area contributed by atoms with Crippen LogP contribution in [0.1, 0.15) is 13.3 Å². The molecule has 0 saturated carbocycles. The standard InChI is InChI=1S/C13H16BrNO4S/c1-9(19-12-4-2-10(14)3-5-12)13(16)15-11-6-7-20(17,18)8-11/h2-5,9,11H,6-8H2,1H3,(H,15,16). The molecule has 1 aromatic carbocycles. The van der Waals surface area contributed by atoms with E-state index in [9.17, 15) is 13.2 Å². The lowest BCUT2D eigenvalue weighted by molar-refractivity contribution is -0.127. The topological polar surface area (TPSA) is 72.5 Å². The minimum atomic E-state index is -2.99. The van der Waals surface area contributed by atoms with Crippen molar-refractivity contribution in [2.24, 2.45) is 0 Å². The zero-order valence-electron chi connectivity index (χ0n) is 11.0. The maximum atomic E-state index is 11.9. The van der Waals surface area contributed by atoms with Crippen LogP contribution >= 0.6 is 15.9 Å². The van der Waals surface area contributed by atoms with Gasteiger partial charge in [0.15, 0.2) is 15.9 Å². The summed E-state index contributed by atoms with van der Waals surface area (Å²) in [6.07, 6.45) is -0.196. The normalized spacial score (nSPS) is 22.2. The van der Waals surface area contributed by atoms with Crippen LogP contribution in [-0.2, 0) is 14.6 Å². The molecule has 0 aliphatic carbocycles. The molecule has 1 amide bonds. The molecule has 2 rings (SSSR count). The first-order valence-corrected chi connectivity index (χ1v) is 8.90. The Labute approximate surface area is 126 Å². The summed E-state index contributed by atoms with van der Waals surface area (Å²) in [5.41, 5.74) is 0. The molecule has 1 heterocycles. The van der Waals surface area contributed by atoms with E-state index in [4.69, 9.17) is 4.74 Å². The van der Waals surface area contributed by atoms with Gasteiger partial charge in [-0.15, -0.1) is 0 Å². The fraction of sp³-hybridized carbons (Fsp3) is 0.462. The molecule has 7 heteroatoms. The third kappa shape index (κ3) is 4.21. The van der Waals surface area contributed by atoms with Gasteiger partial charge in [-0.05, 0) is 37.6 Å². The summed E-state index contributed by atoms with van der Waals surface area (Å²) >= 11 is 3.32. The summed E-state index contributed by atoms with van der Waals surface area (Å²) in [5.74, 6) is 0.453. The maximum absolute atomic E-state index is 11.9. The number of carbonyl (C=O) groups is 1. The lowest BCUT2D eigenvalue weighted by atomic mass is 10.2. The highest BCUT2D eigenvalue weighted by Crippen LogP contribution is 2.17. The van der Waals surface area contributed by atoms with E-state index in [1.807, 2.05) is 12.1 Å². The Kier molecular flexibility index (Phi) is 4.70. The zero-order valence-corrected chi connectivity index (χ0v) is 13.4. The average molecular weight is 362 g/mol. The van der Waals surface area contributed by atoms with Crippen molar-refractivity contribution in [2.45, 2.75) is 25.5 Å². The van der Waals surface area contributed by atoms with Crippen molar-refractivity contribution in [1.29, 1.82) is 0 Å². The van der Waals surface area contributed by atoms with Gasteiger partial charge in [0.1, 0.15) is 5.75 Å². The lowest BCUT2D eigenvalue weighted by Crippen LogP contribution is -2.43. The number of rotatable bonds is 4. The molecule has 1 N–H and O–H groups in total. The van der Waals surface area contributed by atoms with Gasteiger partial charge in [0.25, 0.3) is 5.91 Å². The van der Waals surface area contributed by atoms with E-state index < -0.39 is 15.9 Å². The van der Waals surface area contributed by atoms with Crippen molar-refractivity contribution >= 4 is 31.7 Å². The van der Waals surface area contributed by atoms with Gasteiger partial charge < -0.3 is 10.1 Å². The summed E-state index contributed by atoms with van der Waals surface area (Å²) in [5, 5.41) is 2.71. The van der Waals surface area contributed by atoms with Crippen molar-refractivity contribution in [3.05, 3.63) is 28.7 Å². The van der Waals surface area contributed by atoms with Crippen LogP contribution in [0.3, 0.4) is 0 Å². The summed E-state index contributed by atoms with van der Waals surface area (Å²) < 4.78 is 29.1. The number of amides is 1. The molecular weight excluding hydrogens is 346 g/mol. The number of benzene rings is 1. The predicted octanol–water partition coefficient (Wildman–Crippen LogP) is 1.52. The summed E-state index contributed by atoms with van der Waals surface area (Å²) in [7, 11) is -2.99. The SMILES string of the molecule is CC(Oc1ccc(Br)cc1)C(=O)NC1CCS(=O)(=O)C1. The summed E-state index contributed by atoms with van der Waals surface area (Å²) in [6, 6.07) is 6.86. The van der Waals surface area contributed by atoms with Crippen LogP contribution in [0, 0.1) is 0 Å². The van der Waals surface area contributed by atoms with E-state index in [1.165, 1.54) is 0 Å². The third-order valence-corrected chi connectivity index (χ3v) is 5.37. The number of halogens is 1. The van der Waals surface area contributed by atoms with Gasteiger partial charge in [0, 0.05) is 10.5 Å². The molecule has 1 saturated heterocycles. The highest BCUT2D eigenvalue weighted by Gasteiger charge is 2.30. The molecule has 110 valence electrons.